The molecule has 2 unspecified atom stereocenters. The van der Waals surface area contributed by atoms with Crippen LogP contribution in [0.4, 0.5) is 5.69 Å². The van der Waals surface area contributed by atoms with Crippen molar-refractivity contribution in [3.05, 3.63) is 23.8 Å². The standard InChI is InChI=1S/C18H32N6O/c1-19-17-6-7-21-18(23-17)22-15-4-5-16(25-2)14(12-15)13-20-8-11-24-9-3-10-24/h4-5,12,17-23H,3,6-11,13H2,1-2H3. The third-order valence-electron chi connectivity index (χ3n) is 4.96. The van der Waals surface area contributed by atoms with E-state index in [0.29, 0.717) is 6.17 Å². The molecule has 140 valence electrons. The van der Waals surface area contributed by atoms with Crippen LogP contribution in [0, 0.1) is 0 Å². The minimum atomic E-state index is 0.0619. The van der Waals surface area contributed by atoms with Crippen molar-refractivity contribution >= 4 is 5.69 Å². The van der Waals surface area contributed by atoms with Gasteiger partial charge in [0.1, 0.15) is 12.0 Å². The van der Waals surface area contributed by atoms with E-state index in [-0.39, 0.29) is 6.29 Å². The van der Waals surface area contributed by atoms with E-state index in [4.69, 9.17) is 4.74 Å². The summed E-state index contributed by atoms with van der Waals surface area (Å²) >= 11 is 0. The number of likely N-dealkylation sites (tertiary alicyclic amines) is 1. The fraction of sp³-hybridized carbons (Fsp3) is 0.667. The maximum Gasteiger partial charge on any atom is 0.133 e. The topological polar surface area (TPSA) is 72.6 Å². The van der Waals surface area contributed by atoms with E-state index in [1.807, 2.05) is 13.1 Å². The largest absolute Gasteiger partial charge is 0.496 e. The summed E-state index contributed by atoms with van der Waals surface area (Å²) in [7, 11) is 3.71. The van der Waals surface area contributed by atoms with Crippen molar-refractivity contribution in [3.63, 3.8) is 0 Å². The van der Waals surface area contributed by atoms with Crippen LogP contribution in [0.25, 0.3) is 0 Å². The fourth-order valence-corrected chi connectivity index (χ4v) is 3.27. The first-order valence-electron chi connectivity index (χ1n) is 9.31. The first-order valence-corrected chi connectivity index (χ1v) is 9.31. The summed E-state index contributed by atoms with van der Waals surface area (Å²) in [5, 5.41) is 17.3. The second kappa shape index (κ2) is 9.35. The number of ether oxygens (including phenoxy) is 1. The van der Waals surface area contributed by atoms with Crippen LogP contribution in [-0.2, 0) is 6.54 Å². The summed E-state index contributed by atoms with van der Waals surface area (Å²) in [6.45, 7) is 6.44. The zero-order chi connectivity index (χ0) is 17.5. The molecule has 25 heavy (non-hydrogen) atoms. The van der Waals surface area contributed by atoms with Crippen LogP contribution in [0.2, 0.25) is 0 Å². The highest BCUT2D eigenvalue weighted by Crippen LogP contribution is 2.23. The molecular formula is C18H32N6O. The van der Waals surface area contributed by atoms with Crippen molar-refractivity contribution in [2.75, 3.05) is 52.2 Å². The predicted octanol–water partition coefficient (Wildman–Crippen LogP) is 0.314. The Morgan fingerprint density at radius 1 is 1.32 bits per heavy atom. The van der Waals surface area contributed by atoms with Gasteiger partial charge < -0.3 is 25.6 Å². The molecule has 2 atom stereocenters. The quantitative estimate of drug-likeness (QED) is 0.412. The number of hydrogen-bond acceptors (Lipinski definition) is 7. The molecule has 0 saturated carbocycles. The molecular weight excluding hydrogens is 316 g/mol. The molecule has 2 aliphatic heterocycles. The van der Waals surface area contributed by atoms with Crippen molar-refractivity contribution in [2.24, 2.45) is 0 Å². The minimum Gasteiger partial charge on any atom is -0.496 e. The molecule has 2 aliphatic rings. The predicted molar refractivity (Wildman–Crippen MR) is 102 cm³/mol. The third-order valence-corrected chi connectivity index (χ3v) is 4.96. The second-order valence-corrected chi connectivity index (χ2v) is 6.73. The van der Waals surface area contributed by atoms with Gasteiger partial charge in [0, 0.05) is 37.4 Å². The van der Waals surface area contributed by atoms with Crippen LogP contribution < -0.4 is 31.3 Å². The zero-order valence-corrected chi connectivity index (χ0v) is 15.4. The average molecular weight is 348 g/mol. The number of nitrogens with one attached hydrogen (secondary N) is 5. The van der Waals surface area contributed by atoms with E-state index in [9.17, 15) is 0 Å². The normalized spacial score (nSPS) is 23.9. The smallest absolute Gasteiger partial charge is 0.133 e. The fourth-order valence-electron chi connectivity index (χ4n) is 3.27. The van der Waals surface area contributed by atoms with Gasteiger partial charge in [-0.05, 0) is 51.2 Å². The van der Waals surface area contributed by atoms with Gasteiger partial charge in [0.25, 0.3) is 0 Å². The SMILES string of the molecule is CNC1CCNC(Nc2ccc(OC)c(CNCCN3CCC3)c2)N1. The van der Waals surface area contributed by atoms with Crippen molar-refractivity contribution in [2.45, 2.75) is 31.8 Å². The molecule has 2 heterocycles. The number of anilines is 1. The lowest BCUT2D eigenvalue weighted by Crippen LogP contribution is -2.61. The molecule has 2 saturated heterocycles. The highest BCUT2D eigenvalue weighted by atomic mass is 16.5. The molecule has 0 aromatic heterocycles. The van der Waals surface area contributed by atoms with Gasteiger partial charge in [-0.25, -0.2) is 0 Å². The molecule has 5 N–H and O–H groups in total. The van der Waals surface area contributed by atoms with E-state index in [1.54, 1.807) is 7.11 Å². The van der Waals surface area contributed by atoms with Crippen LogP contribution in [0.3, 0.4) is 0 Å². The lowest BCUT2D eigenvalue weighted by molar-refractivity contribution is 0.182. The van der Waals surface area contributed by atoms with Crippen molar-refractivity contribution in [3.8, 4) is 5.75 Å². The van der Waals surface area contributed by atoms with Crippen molar-refractivity contribution in [1.29, 1.82) is 0 Å². The Kier molecular flexibility index (Phi) is 6.89. The van der Waals surface area contributed by atoms with E-state index in [0.717, 1.165) is 44.0 Å². The van der Waals surface area contributed by atoms with Gasteiger partial charge in [-0.3, -0.25) is 10.6 Å². The molecule has 3 rings (SSSR count). The summed E-state index contributed by atoms with van der Waals surface area (Å²) in [5.74, 6) is 0.930. The van der Waals surface area contributed by atoms with Crippen molar-refractivity contribution < 1.29 is 4.74 Å². The highest BCUT2D eigenvalue weighted by molar-refractivity contribution is 5.51. The number of benzene rings is 1. The molecule has 0 bridgehead atoms. The van der Waals surface area contributed by atoms with Crippen LogP contribution in [0.1, 0.15) is 18.4 Å². The molecule has 1 aromatic rings. The van der Waals surface area contributed by atoms with Crippen LogP contribution in [0.5, 0.6) is 5.75 Å². The molecule has 0 amide bonds. The monoisotopic (exact) mass is 348 g/mol. The summed E-state index contributed by atoms with van der Waals surface area (Å²) in [4.78, 5) is 2.47. The molecule has 0 spiro atoms. The number of methoxy groups -OCH3 is 1. The van der Waals surface area contributed by atoms with Gasteiger partial charge >= 0.3 is 0 Å². The molecule has 7 nitrogen and oxygen atoms in total. The van der Waals surface area contributed by atoms with E-state index >= 15 is 0 Å². The van der Waals surface area contributed by atoms with E-state index < -0.39 is 0 Å². The Morgan fingerprint density at radius 2 is 2.20 bits per heavy atom. The summed E-state index contributed by atoms with van der Waals surface area (Å²) in [6, 6.07) is 6.27. The lowest BCUT2D eigenvalue weighted by atomic mass is 10.1. The van der Waals surface area contributed by atoms with Gasteiger partial charge in [0.15, 0.2) is 0 Å². The van der Waals surface area contributed by atoms with Gasteiger partial charge in [-0.15, -0.1) is 0 Å². The number of nitrogens with zero attached hydrogens (tertiary/aromatic N) is 1. The zero-order valence-electron chi connectivity index (χ0n) is 15.4. The summed E-state index contributed by atoms with van der Waals surface area (Å²) < 4.78 is 5.52. The highest BCUT2D eigenvalue weighted by Gasteiger charge is 2.19. The lowest BCUT2D eigenvalue weighted by Gasteiger charge is -2.33. The van der Waals surface area contributed by atoms with Crippen LogP contribution >= 0.6 is 0 Å². The van der Waals surface area contributed by atoms with E-state index in [1.165, 1.54) is 25.1 Å². The van der Waals surface area contributed by atoms with Gasteiger partial charge in [-0.2, -0.15) is 0 Å². The van der Waals surface area contributed by atoms with Crippen LogP contribution in [-0.4, -0.2) is 64.2 Å². The molecule has 1 aromatic carbocycles. The van der Waals surface area contributed by atoms with E-state index in [2.05, 4.69) is 43.6 Å². The molecule has 0 aliphatic carbocycles. The number of rotatable bonds is 9. The Labute approximate surface area is 150 Å². The molecule has 7 heteroatoms. The average Bonchev–Trinajstić information content (AvgIpc) is 2.60. The van der Waals surface area contributed by atoms with Gasteiger partial charge in [-0.1, -0.05) is 0 Å². The number of hydrogen-bond donors (Lipinski definition) is 5. The molecule has 0 radical (unpaired) electrons. The molecule has 2 fully saturated rings. The van der Waals surface area contributed by atoms with Crippen LogP contribution in [0.15, 0.2) is 18.2 Å². The summed E-state index contributed by atoms with van der Waals surface area (Å²) in [6.07, 6.45) is 2.81. The Bertz CT molecular complexity index is 536. The first kappa shape index (κ1) is 18.4. The first-order chi connectivity index (χ1) is 12.3. The Balaban J connectivity index is 1.53. The van der Waals surface area contributed by atoms with Crippen molar-refractivity contribution in [1.82, 2.24) is 26.2 Å². The Hall–Kier alpha value is -1.38. The maximum atomic E-state index is 5.52. The minimum absolute atomic E-state index is 0.0619. The third kappa shape index (κ3) is 5.29. The van der Waals surface area contributed by atoms with Gasteiger partial charge in [0.2, 0.25) is 0 Å². The summed E-state index contributed by atoms with van der Waals surface area (Å²) in [5.41, 5.74) is 2.26. The maximum absolute atomic E-state index is 5.52. The second-order valence-electron chi connectivity index (χ2n) is 6.73. The van der Waals surface area contributed by atoms with Gasteiger partial charge in [0.05, 0.1) is 13.3 Å². The Morgan fingerprint density at radius 3 is 2.92 bits per heavy atom.